The summed E-state index contributed by atoms with van der Waals surface area (Å²) in [5.74, 6) is 0.838. The number of nitrogen functional groups attached to an aromatic ring is 1. The van der Waals surface area contributed by atoms with Crippen molar-refractivity contribution in [2.75, 3.05) is 36.6 Å². The van der Waals surface area contributed by atoms with Gasteiger partial charge in [0, 0.05) is 29.4 Å². The van der Waals surface area contributed by atoms with Crippen molar-refractivity contribution in [2.24, 2.45) is 5.41 Å². The van der Waals surface area contributed by atoms with E-state index in [0.29, 0.717) is 6.54 Å². The van der Waals surface area contributed by atoms with Gasteiger partial charge in [0.1, 0.15) is 0 Å². The molecule has 0 radical (unpaired) electrons. The zero-order valence-corrected chi connectivity index (χ0v) is 12.4. The highest BCUT2D eigenvalue weighted by Gasteiger charge is 2.32. The standard InChI is InChI=1S/C14H20N2O2S/c1-14(2,13(17)18-3)9-16-6-7-19-12-5-4-10(15)8-11(12)16/h4-5,8H,6-7,9,15H2,1-3H3. The Bertz CT molecular complexity index is 488. The molecule has 2 N–H and O–H groups in total. The SMILES string of the molecule is COC(=O)C(C)(C)CN1CCSc2ccc(N)cc21. The van der Waals surface area contributed by atoms with Crippen LogP contribution >= 0.6 is 11.8 Å². The fourth-order valence-corrected chi connectivity index (χ4v) is 3.30. The van der Waals surface area contributed by atoms with Crippen LogP contribution in [0, 0.1) is 5.41 Å². The first-order valence-electron chi connectivity index (χ1n) is 6.30. The first-order valence-corrected chi connectivity index (χ1v) is 7.28. The largest absolute Gasteiger partial charge is 0.469 e. The molecule has 0 bridgehead atoms. The van der Waals surface area contributed by atoms with E-state index in [4.69, 9.17) is 10.5 Å². The van der Waals surface area contributed by atoms with Crippen LogP contribution in [-0.2, 0) is 9.53 Å². The highest BCUT2D eigenvalue weighted by Crippen LogP contribution is 2.37. The third-order valence-corrected chi connectivity index (χ3v) is 4.31. The zero-order valence-electron chi connectivity index (χ0n) is 11.6. The molecule has 1 aliphatic rings. The molecule has 0 aliphatic carbocycles. The van der Waals surface area contributed by atoms with E-state index in [1.54, 1.807) is 0 Å². The molecule has 0 amide bonds. The van der Waals surface area contributed by atoms with E-state index in [9.17, 15) is 4.79 Å². The molecule has 104 valence electrons. The second-order valence-electron chi connectivity index (χ2n) is 5.37. The predicted octanol–water partition coefficient (Wildman–Crippen LogP) is 2.38. The third-order valence-electron chi connectivity index (χ3n) is 3.27. The van der Waals surface area contributed by atoms with Crippen molar-refractivity contribution in [3.8, 4) is 0 Å². The number of hydrogen-bond acceptors (Lipinski definition) is 5. The molecule has 4 nitrogen and oxygen atoms in total. The van der Waals surface area contributed by atoms with E-state index in [2.05, 4.69) is 4.90 Å². The lowest BCUT2D eigenvalue weighted by atomic mass is 9.92. The molecule has 0 unspecified atom stereocenters. The maximum Gasteiger partial charge on any atom is 0.313 e. The van der Waals surface area contributed by atoms with Gasteiger partial charge in [0.05, 0.1) is 18.2 Å². The van der Waals surface area contributed by atoms with Crippen molar-refractivity contribution in [1.82, 2.24) is 0 Å². The molecule has 5 heteroatoms. The number of carbonyl (C=O) groups excluding carboxylic acids is 1. The third kappa shape index (κ3) is 2.97. The summed E-state index contributed by atoms with van der Waals surface area (Å²) in [4.78, 5) is 15.3. The zero-order chi connectivity index (χ0) is 14.0. The lowest BCUT2D eigenvalue weighted by Crippen LogP contribution is -2.42. The molecular formula is C14H20N2O2S. The Labute approximate surface area is 118 Å². The average molecular weight is 280 g/mol. The molecular weight excluding hydrogens is 260 g/mol. The number of thioether (sulfide) groups is 1. The number of hydrogen-bond donors (Lipinski definition) is 1. The van der Waals surface area contributed by atoms with E-state index >= 15 is 0 Å². The minimum Gasteiger partial charge on any atom is -0.469 e. The van der Waals surface area contributed by atoms with Gasteiger partial charge in [0.2, 0.25) is 0 Å². The van der Waals surface area contributed by atoms with Gasteiger partial charge in [-0.05, 0) is 32.0 Å². The molecule has 1 aliphatic heterocycles. The number of rotatable bonds is 3. The topological polar surface area (TPSA) is 55.6 Å². The quantitative estimate of drug-likeness (QED) is 0.680. The van der Waals surface area contributed by atoms with Crippen LogP contribution in [0.1, 0.15) is 13.8 Å². The van der Waals surface area contributed by atoms with Gasteiger partial charge in [-0.1, -0.05) is 0 Å². The molecule has 0 saturated heterocycles. The smallest absolute Gasteiger partial charge is 0.313 e. The van der Waals surface area contributed by atoms with Gasteiger partial charge in [0.25, 0.3) is 0 Å². The van der Waals surface area contributed by atoms with Crippen molar-refractivity contribution in [2.45, 2.75) is 18.7 Å². The summed E-state index contributed by atoms with van der Waals surface area (Å²) in [6.45, 7) is 5.37. The van der Waals surface area contributed by atoms with Gasteiger partial charge in [-0.25, -0.2) is 0 Å². The number of esters is 1. The highest BCUT2D eigenvalue weighted by molar-refractivity contribution is 7.99. The number of nitrogens with two attached hydrogens (primary N) is 1. The summed E-state index contributed by atoms with van der Waals surface area (Å²) < 4.78 is 4.87. The maximum atomic E-state index is 11.8. The minimum absolute atomic E-state index is 0.184. The maximum absolute atomic E-state index is 11.8. The number of carbonyl (C=O) groups is 1. The number of anilines is 2. The summed E-state index contributed by atoms with van der Waals surface area (Å²) in [5.41, 5.74) is 7.21. The Morgan fingerprint density at radius 3 is 2.95 bits per heavy atom. The summed E-state index contributed by atoms with van der Waals surface area (Å²) in [6.07, 6.45) is 0. The molecule has 19 heavy (non-hydrogen) atoms. The van der Waals surface area contributed by atoms with Crippen molar-refractivity contribution in [3.63, 3.8) is 0 Å². The van der Waals surface area contributed by atoms with Crippen LogP contribution in [0.4, 0.5) is 11.4 Å². The predicted molar refractivity (Wildman–Crippen MR) is 79.6 cm³/mol. The summed E-state index contributed by atoms with van der Waals surface area (Å²) in [5, 5.41) is 0. The van der Waals surface area contributed by atoms with Crippen LogP contribution in [-0.4, -0.2) is 31.9 Å². The molecule has 1 aromatic carbocycles. The lowest BCUT2D eigenvalue weighted by Gasteiger charge is -2.36. The van der Waals surface area contributed by atoms with E-state index in [0.717, 1.165) is 23.7 Å². The summed E-state index contributed by atoms with van der Waals surface area (Å²) >= 11 is 1.83. The molecule has 0 atom stereocenters. The second kappa shape index (κ2) is 5.33. The molecule has 1 heterocycles. The van der Waals surface area contributed by atoms with Crippen LogP contribution in [0.25, 0.3) is 0 Å². The second-order valence-corrected chi connectivity index (χ2v) is 6.51. The first-order chi connectivity index (χ1) is 8.94. The van der Waals surface area contributed by atoms with Crippen molar-refractivity contribution < 1.29 is 9.53 Å². The molecule has 0 saturated carbocycles. The monoisotopic (exact) mass is 280 g/mol. The Kier molecular flexibility index (Phi) is 3.94. The Hall–Kier alpha value is -1.36. The fourth-order valence-electron chi connectivity index (χ4n) is 2.27. The number of fused-ring (bicyclic) bond motifs is 1. The van der Waals surface area contributed by atoms with Crippen molar-refractivity contribution in [3.05, 3.63) is 18.2 Å². The van der Waals surface area contributed by atoms with Crippen LogP contribution in [0.5, 0.6) is 0 Å². The lowest BCUT2D eigenvalue weighted by molar-refractivity contribution is -0.150. The van der Waals surface area contributed by atoms with Gasteiger partial charge in [-0.15, -0.1) is 11.8 Å². The van der Waals surface area contributed by atoms with Crippen LogP contribution in [0.2, 0.25) is 0 Å². The van der Waals surface area contributed by atoms with E-state index in [1.807, 2.05) is 43.8 Å². The van der Waals surface area contributed by atoms with Crippen molar-refractivity contribution in [1.29, 1.82) is 0 Å². The van der Waals surface area contributed by atoms with Crippen LogP contribution < -0.4 is 10.6 Å². The number of methoxy groups -OCH3 is 1. The van der Waals surface area contributed by atoms with E-state index in [-0.39, 0.29) is 5.97 Å². The molecule has 0 fully saturated rings. The molecule has 1 aromatic rings. The summed E-state index contributed by atoms with van der Waals surface area (Å²) in [6, 6.07) is 5.95. The van der Waals surface area contributed by atoms with Crippen LogP contribution in [0.3, 0.4) is 0 Å². The Balaban J connectivity index is 2.24. The van der Waals surface area contributed by atoms with Crippen molar-refractivity contribution >= 4 is 29.1 Å². The minimum atomic E-state index is -0.529. The Morgan fingerprint density at radius 2 is 2.26 bits per heavy atom. The van der Waals surface area contributed by atoms with Gasteiger partial charge in [-0.3, -0.25) is 4.79 Å². The summed E-state index contributed by atoms with van der Waals surface area (Å²) in [7, 11) is 1.43. The first kappa shape index (κ1) is 14.1. The molecule has 0 spiro atoms. The number of nitrogens with zero attached hydrogens (tertiary/aromatic N) is 1. The highest BCUT2D eigenvalue weighted by atomic mass is 32.2. The number of ether oxygens (including phenoxy) is 1. The number of benzene rings is 1. The molecule has 2 rings (SSSR count). The van der Waals surface area contributed by atoms with Crippen LogP contribution in [0.15, 0.2) is 23.1 Å². The average Bonchev–Trinajstić information content (AvgIpc) is 2.38. The van der Waals surface area contributed by atoms with E-state index in [1.165, 1.54) is 12.0 Å². The fraction of sp³-hybridized carbons (Fsp3) is 0.500. The van der Waals surface area contributed by atoms with Gasteiger partial charge >= 0.3 is 5.97 Å². The van der Waals surface area contributed by atoms with E-state index < -0.39 is 5.41 Å². The van der Waals surface area contributed by atoms with Gasteiger partial charge < -0.3 is 15.4 Å². The Morgan fingerprint density at radius 1 is 1.53 bits per heavy atom. The normalized spacial score (nSPS) is 15.0. The van der Waals surface area contributed by atoms with Gasteiger partial charge in [0.15, 0.2) is 0 Å². The molecule has 0 aromatic heterocycles. The van der Waals surface area contributed by atoms with Gasteiger partial charge in [-0.2, -0.15) is 0 Å².